The molecule has 0 aliphatic rings. The highest BCUT2D eigenvalue weighted by molar-refractivity contribution is 6.33. The minimum absolute atomic E-state index is 0.0609. The highest BCUT2D eigenvalue weighted by Crippen LogP contribution is 2.26. The van der Waals surface area contributed by atoms with Crippen LogP contribution in [0.4, 0.5) is 0 Å². The van der Waals surface area contributed by atoms with Crippen molar-refractivity contribution in [2.24, 2.45) is 0 Å². The second kappa shape index (κ2) is 4.94. The predicted molar refractivity (Wildman–Crippen MR) is 55.0 cm³/mol. The lowest BCUT2D eigenvalue weighted by molar-refractivity contribution is 0.0499. The van der Waals surface area contributed by atoms with Crippen molar-refractivity contribution in [2.45, 2.75) is 12.2 Å². The van der Waals surface area contributed by atoms with Gasteiger partial charge in [-0.15, -0.1) is 0 Å². The van der Waals surface area contributed by atoms with E-state index in [0.29, 0.717) is 0 Å². The van der Waals surface area contributed by atoms with Gasteiger partial charge in [0.15, 0.2) is 6.10 Å². The van der Waals surface area contributed by atoms with Gasteiger partial charge in [0.05, 0.1) is 16.7 Å². The first-order valence-electron chi connectivity index (χ1n) is 4.26. The van der Waals surface area contributed by atoms with Crippen molar-refractivity contribution in [1.82, 2.24) is 0 Å². The number of hydrogen-bond acceptors (Lipinski definition) is 4. The summed E-state index contributed by atoms with van der Waals surface area (Å²) in [6.07, 6.45) is -3.30. The predicted octanol–water partition coefficient (Wildman–Crippen LogP) is 0.956. The second-order valence-corrected chi connectivity index (χ2v) is 3.44. The summed E-state index contributed by atoms with van der Waals surface area (Å²) in [5.41, 5.74) is -0.403. The molecule has 0 heterocycles. The number of nitrogens with zero attached hydrogens (tertiary/aromatic N) is 1. The van der Waals surface area contributed by atoms with Gasteiger partial charge in [0, 0.05) is 5.56 Å². The summed E-state index contributed by atoms with van der Waals surface area (Å²) in [6, 6.07) is 5.49. The quantitative estimate of drug-likeness (QED) is 0.684. The van der Waals surface area contributed by atoms with Crippen LogP contribution in [0.3, 0.4) is 0 Å². The molecule has 84 valence electrons. The third-order valence-corrected chi connectivity index (χ3v) is 2.32. The monoisotopic (exact) mass is 241 g/mol. The Balaban J connectivity index is 3.29. The summed E-state index contributed by atoms with van der Waals surface area (Å²) >= 11 is 5.66. The molecule has 2 atom stereocenters. The molecule has 0 fully saturated rings. The molecule has 0 aliphatic heterocycles. The van der Waals surface area contributed by atoms with Crippen LogP contribution >= 0.6 is 11.6 Å². The van der Waals surface area contributed by atoms with Crippen molar-refractivity contribution in [3.8, 4) is 6.07 Å². The molecule has 3 N–H and O–H groups in total. The molecule has 0 aliphatic carbocycles. The van der Waals surface area contributed by atoms with Crippen molar-refractivity contribution in [1.29, 1.82) is 5.26 Å². The molecule has 1 aromatic carbocycles. The largest absolute Gasteiger partial charge is 0.478 e. The summed E-state index contributed by atoms with van der Waals surface area (Å²) in [6.45, 7) is 0. The lowest BCUT2D eigenvalue weighted by Crippen LogP contribution is -2.19. The number of nitriles is 1. The van der Waals surface area contributed by atoms with Crippen LogP contribution in [0.5, 0.6) is 0 Å². The molecule has 1 aromatic rings. The summed E-state index contributed by atoms with van der Waals surface area (Å²) in [5, 5.41) is 35.9. The van der Waals surface area contributed by atoms with Crippen molar-refractivity contribution in [3.63, 3.8) is 0 Å². The molecular formula is C10H8ClNO4. The fourth-order valence-electron chi connectivity index (χ4n) is 1.25. The topological polar surface area (TPSA) is 102 Å². The maximum Gasteiger partial charge on any atom is 0.337 e. The Morgan fingerprint density at radius 2 is 2.06 bits per heavy atom. The van der Waals surface area contributed by atoms with E-state index in [-0.39, 0.29) is 16.1 Å². The number of aliphatic hydroxyl groups excluding tert-OH is 2. The number of carboxylic acids is 1. The van der Waals surface area contributed by atoms with Crippen molar-refractivity contribution < 1.29 is 20.1 Å². The first-order valence-corrected chi connectivity index (χ1v) is 4.64. The van der Waals surface area contributed by atoms with Crippen LogP contribution in [-0.4, -0.2) is 27.4 Å². The van der Waals surface area contributed by atoms with Crippen molar-refractivity contribution >= 4 is 17.6 Å². The van der Waals surface area contributed by atoms with Gasteiger partial charge in [-0.2, -0.15) is 5.26 Å². The van der Waals surface area contributed by atoms with Gasteiger partial charge in [-0.05, 0) is 6.07 Å². The van der Waals surface area contributed by atoms with E-state index in [2.05, 4.69) is 0 Å². The van der Waals surface area contributed by atoms with Crippen LogP contribution in [0.2, 0.25) is 5.02 Å². The fourth-order valence-corrected chi connectivity index (χ4v) is 1.52. The van der Waals surface area contributed by atoms with E-state index in [9.17, 15) is 9.90 Å². The van der Waals surface area contributed by atoms with Gasteiger partial charge < -0.3 is 15.3 Å². The van der Waals surface area contributed by atoms with Gasteiger partial charge in [0.1, 0.15) is 6.10 Å². The van der Waals surface area contributed by atoms with Crippen LogP contribution in [0, 0.1) is 11.3 Å². The number of halogens is 1. The summed E-state index contributed by atoms with van der Waals surface area (Å²) < 4.78 is 0. The number of carboxylic acid groups (broad SMARTS) is 1. The van der Waals surface area contributed by atoms with Gasteiger partial charge in [0.25, 0.3) is 0 Å². The van der Waals surface area contributed by atoms with E-state index < -0.39 is 18.2 Å². The van der Waals surface area contributed by atoms with Crippen LogP contribution in [-0.2, 0) is 0 Å². The standard InChI is InChI=1S/C10H8ClNO4/c11-6-3-1-2-5(8(6)10(15)16)9(14)7(13)4-12/h1-3,7,9,13-14H,(H,15,16). The number of aliphatic hydroxyl groups is 2. The van der Waals surface area contributed by atoms with Gasteiger partial charge in [0.2, 0.25) is 0 Å². The van der Waals surface area contributed by atoms with E-state index >= 15 is 0 Å². The molecule has 0 saturated heterocycles. The molecule has 6 heteroatoms. The average molecular weight is 242 g/mol. The Morgan fingerprint density at radius 3 is 2.56 bits per heavy atom. The molecule has 0 amide bonds. The van der Waals surface area contributed by atoms with Crippen LogP contribution in [0.25, 0.3) is 0 Å². The number of rotatable bonds is 3. The van der Waals surface area contributed by atoms with Crippen molar-refractivity contribution in [2.75, 3.05) is 0 Å². The molecule has 16 heavy (non-hydrogen) atoms. The lowest BCUT2D eigenvalue weighted by Gasteiger charge is -2.15. The third kappa shape index (κ3) is 2.31. The summed E-state index contributed by atoms with van der Waals surface area (Å²) in [7, 11) is 0. The van der Waals surface area contributed by atoms with E-state index in [4.69, 9.17) is 27.1 Å². The maximum atomic E-state index is 10.9. The smallest absolute Gasteiger partial charge is 0.337 e. The maximum absolute atomic E-state index is 10.9. The molecule has 0 bridgehead atoms. The van der Waals surface area contributed by atoms with Crippen molar-refractivity contribution in [3.05, 3.63) is 34.3 Å². The van der Waals surface area contributed by atoms with Gasteiger partial charge >= 0.3 is 5.97 Å². The highest BCUT2D eigenvalue weighted by Gasteiger charge is 2.24. The molecule has 5 nitrogen and oxygen atoms in total. The highest BCUT2D eigenvalue weighted by atomic mass is 35.5. The van der Waals surface area contributed by atoms with Gasteiger partial charge in [-0.3, -0.25) is 0 Å². The Hall–Kier alpha value is -1.61. The molecule has 0 spiro atoms. The fraction of sp³-hybridized carbons (Fsp3) is 0.200. The first-order chi connectivity index (χ1) is 7.49. The Bertz CT molecular complexity index is 455. The minimum Gasteiger partial charge on any atom is -0.478 e. The summed E-state index contributed by atoms with van der Waals surface area (Å²) in [4.78, 5) is 10.9. The Kier molecular flexibility index (Phi) is 3.85. The number of carbonyl (C=O) groups is 1. The Labute approximate surface area is 96.1 Å². The molecule has 0 saturated carbocycles. The zero-order valence-electron chi connectivity index (χ0n) is 7.96. The zero-order chi connectivity index (χ0) is 12.3. The van der Waals surface area contributed by atoms with Gasteiger partial charge in [-0.25, -0.2) is 4.79 Å². The average Bonchev–Trinajstić information content (AvgIpc) is 2.26. The van der Waals surface area contributed by atoms with E-state index in [1.165, 1.54) is 24.3 Å². The van der Waals surface area contributed by atoms with Gasteiger partial charge in [-0.1, -0.05) is 23.7 Å². The number of aromatic carboxylic acids is 1. The minimum atomic E-state index is -1.70. The normalized spacial score (nSPS) is 13.9. The van der Waals surface area contributed by atoms with E-state index in [0.717, 1.165) is 0 Å². The molecule has 2 unspecified atom stereocenters. The third-order valence-electron chi connectivity index (χ3n) is 2.01. The SMILES string of the molecule is N#CC(O)C(O)c1cccc(Cl)c1C(=O)O. The van der Waals surface area contributed by atoms with Crippen LogP contribution in [0.15, 0.2) is 18.2 Å². The molecular weight excluding hydrogens is 234 g/mol. The molecule has 0 aromatic heterocycles. The number of benzene rings is 1. The zero-order valence-corrected chi connectivity index (χ0v) is 8.72. The van der Waals surface area contributed by atoms with E-state index in [1.807, 2.05) is 0 Å². The Morgan fingerprint density at radius 1 is 1.44 bits per heavy atom. The van der Waals surface area contributed by atoms with Crippen LogP contribution < -0.4 is 0 Å². The second-order valence-electron chi connectivity index (χ2n) is 3.03. The molecule has 0 radical (unpaired) electrons. The number of hydrogen-bond donors (Lipinski definition) is 3. The molecule has 1 rings (SSSR count). The van der Waals surface area contributed by atoms with E-state index in [1.54, 1.807) is 0 Å². The first kappa shape index (κ1) is 12.5. The lowest BCUT2D eigenvalue weighted by atomic mass is 9.99. The van der Waals surface area contributed by atoms with Crippen LogP contribution in [0.1, 0.15) is 22.0 Å². The summed E-state index contributed by atoms with van der Waals surface area (Å²) in [5.74, 6) is -1.33.